The summed E-state index contributed by atoms with van der Waals surface area (Å²) in [6.07, 6.45) is 2.07. The van der Waals surface area contributed by atoms with Crippen LogP contribution in [0, 0.1) is 17.3 Å². The summed E-state index contributed by atoms with van der Waals surface area (Å²) >= 11 is 1.37. The van der Waals surface area contributed by atoms with Crippen LogP contribution in [0.15, 0.2) is 11.0 Å². The number of aromatic nitrogens is 1. The number of aliphatic hydroxyl groups excluding tert-OH is 2. The Labute approximate surface area is 259 Å². The third-order valence-corrected chi connectivity index (χ3v) is 11.3. The van der Waals surface area contributed by atoms with Crippen LogP contribution in [-0.4, -0.2) is 74.6 Å². The minimum absolute atomic E-state index is 0.0136. The van der Waals surface area contributed by atoms with E-state index in [1.54, 1.807) is 20.8 Å². The molecule has 8 atom stereocenters. The average molecular weight is 644 g/mol. The number of rotatable bonds is 8. The second kappa shape index (κ2) is 14.7. The molecule has 244 valence electrons. The smallest absolute Gasteiger partial charge is 0.308 e. The summed E-state index contributed by atoms with van der Waals surface area (Å²) in [5.74, 6) is -1.68. The molecule has 6 N–H and O–H groups in total. The van der Waals surface area contributed by atoms with Crippen molar-refractivity contribution in [3.63, 3.8) is 0 Å². The maximum atomic E-state index is 13.3. The van der Waals surface area contributed by atoms with E-state index in [2.05, 4.69) is 10.1 Å². The molecular weight excluding hydrogens is 593 g/mol. The van der Waals surface area contributed by atoms with Crippen molar-refractivity contribution in [3.05, 3.63) is 21.7 Å². The molecule has 8 unspecified atom stereocenters. The summed E-state index contributed by atoms with van der Waals surface area (Å²) < 4.78 is 24.0. The van der Waals surface area contributed by atoms with Crippen molar-refractivity contribution in [2.24, 2.45) is 23.0 Å². The van der Waals surface area contributed by atoms with Gasteiger partial charge in [-0.15, -0.1) is 11.3 Å². The zero-order valence-electron chi connectivity index (χ0n) is 26.2. The highest BCUT2D eigenvalue weighted by molar-refractivity contribution is 7.55. The Morgan fingerprint density at radius 1 is 1.28 bits per heavy atom. The fraction of sp³-hybridized carbons (Fsp3) is 0.767. The summed E-state index contributed by atoms with van der Waals surface area (Å²) in [5.41, 5.74) is 5.41. The quantitative estimate of drug-likeness (QED) is 0.158. The van der Waals surface area contributed by atoms with Gasteiger partial charge in [0.1, 0.15) is 16.9 Å². The fourth-order valence-electron chi connectivity index (χ4n) is 5.80. The molecule has 2 aliphatic rings. The zero-order chi connectivity index (χ0) is 32.2. The van der Waals surface area contributed by atoms with Crippen LogP contribution in [0.1, 0.15) is 90.8 Å². The molecule has 43 heavy (non-hydrogen) atoms. The largest absolute Gasteiger partial charge is 0.462 e. The lowest BCUT2D eigenvalue weighted by molar-refractivity contribution is -0.156. The Hall–Kier alpha value is -1.50. The van der Waals surface area contributed by atoms with Crippen LogP contribution in [0.2, 0.25) is 0 Å². The number of ether oxygens (including phenoxy) is 2. The second-order valence-electron chi connectivity index (χ2n) is 13.1. The topological polar surface area (TPSA) is 185 Å². The number of nitrogens with one attached hydrogen (secondary N) is 1. The van der Waals surface area contributed by atoms with Crippen LogP contribution in [0.5, 0.6) is 0 Å². The molecule has 0 radical (unpaired) electrons. The third kappa shape index (κ3) is 9.99. The van der Waals surface area contributed by atoms with Crippen molar-refractivity contribution in [1.82, 2.24) is 10.1 Å². The first-order valence-corrected chi connectivity index (χ1v) is 17.9. The number of ketones is 1. The van der Waals surface area contributed by atoms with E-state index in [-0.39, 0.29) is 49.1 Å². The predicted octanol–water partition coefficient (Wildman–Crippen LogP) is 3.79. The third-order valence-electron chi connectivity index (χ3n) is 8.90. The molecule has 0 saturated carbocycles. The Morgan fingerprint density at radius 2 is 1.98 bits per heavy atom. The molecular formula is C30H50N3O8PS. The van der Waals surface area contributed by atoms with Gasteiger partial charge in [-0.2, -0.15) is 0 Å². The number of cyclic esters (lactones) is 1. The summed E-state index contributed by atoms with van der Waals surface area (Å²) in [6.45, 7) is 11.1. The van der Waals surface area contributed by atoms with Gasteiger partial charge >= 0.3 is 5.97 Å². The number of fused-ring (bicyclic) bond motifs is 1. The average Bonchev–Trinajstić information content (AvgIpc) is 3.32. The van der Waals surface area contributed by atoms with E-state index in [1.807, 2.05) is 32.2 Å². The standard InChI is InChI=1S/C30H50N3O8PS/c1-18(12-21-17-43-25(33-21)16-32-42(38,39)11-10-31)13-22-14-24-30(6,41-24)9-7-8-19(2)27(36)20(3)28(37)29(4,5)23(34)15-26(35)40-22/h12,17,19-20,22-24,27,34,36H,7-11,13-16,31H2,1-6H3,(H2,32,38,39)/b18-12+. The minimum Gasteiger partial charge on any atom is -0.462 e. The van der Waals surface area contributed by atoms with E-state index < -0.39 is 43.1 Å². The lowest BCUT2D eigenvalue weighted by Crippen LogP contribution is -2.45. The van der Waals surface area contributed by atoms with Crippen molar-refractivity contribution in [2.75, 3.05) is 12.7 Å². The van der Waals surface area contributed by atoms with Gasteiger partial charge in [-0.1, -0.05) is 39.7 Å². The van der Waals surface area contributed by atoms with Crippen LogP contribution in [0.4, 0.5) is 0 Å². The summed E-state index contributed by atoms with van der Waals surface area (Å²) in [4.78, 5) is 40.8. The molecule has 2 saturated heterocycles. The molecule has 1 aromatic heterocycles. The number of esters is 1. The monoisotopic (exact) mass is 643 g/mol. The number of hydrogen-bond acceptors (Lipinski definition) is 10. The summed E-state index contributed by atoms with van der Waals surface area (Å²) in [7, 11) is -3.50. The number of aliphatic hydroxyl groups is 2. The normalized spacial score (nSPS) is 34.2. The molecule has 0 amide bonds. The van der Waals surface area contributed by atoms with Gasteiger partial charge in [0.05, 0.1) is 54.1 Å². The van der Waals surface area contributed by atoms with Crippen LogP contribution in [0.3, 0.4) is 0 Å². The molecule has 0 spiro atoms. The summed E-state index contributed by atoms with van der Waals surface area (Å²) in [5, 5.41) is 27.0. The molecule has 3 rings (SSSR count). The minimum atomic E-state index is -3.50. The van der Waals surface area contributed by atoms with E-state index in [1.165, 1.54) is 11.3 Å². The van der Waals surface area contributed by atoms with Gasteiger partial charge in [0, 0.05) is 30.7 Å². The predicted molar refractivity (Wildman–Crippen MR) is 166 cm³/mol. The van der Waals surface area contributed by atoms with Crippen LogP contribution < -0.4 is 10.8 Å². The molecule has 0 aliphatic carbocycles. The van der Waals surface area contributed by atoms with E-state index in [0.717, 1.165) is 24.8 Å². The molecule has 13 heteroatoms. The van der Waals surface area contributed by atoms with Gasteiger partial charge in [-0.3, -0.25) is 14.2 Å². The molecule has 0 bridgehead atoms. The highest BCUT2D eigenvalue weighted by Crippen LogP contribution is 2.45. The van der Waals surface area contributed by atoms with Crippen molar-refractivity contribution < 1.29 is 38.7 Å². The summed E-state index contributed by atoms with van der Waals surface area (Å²) in [6, 6.07) is 0. The van der Waals surface area contributed by atoms with Crippen LogP contribution in [0.25, 0.3) is 6.08 Å². The molecule has 1 aromatic rings. The first kappa shape index (κ1) is 36.0. The molecule has 3 heterocycles. The van der Waals surface area contributed by atoms with Crippen molar-refractivity contribution in [1.29, 1.82) is 0 Å². The van der Waals surface area contributed by atoms with Gasteiger partial charge in [0.25, 0.3) is 7.52 Å². The van der Waals surface area contributed by atoms with Gasteiger partial charge < -0.3 is 30.3 Å². The molecule has 2 aliphatic heterocycles. The van der Waals surface area contributed by atoms with E-state index >= 15 is 0 Å². The van der Waals surface area contributed by atoms with E-state index in [4.69, 9.17) is 15.2 Å². The number of epoxide rings is 1. The number of hydrogen-bond donors (Lipinski definition) is 5. The number of carbonyl (C=O) groups is 2. The molecule has 0 aromatic carbocycles. The maximum Gasteiger partial charge on any atom is 0.308 e. The SMILES string of the molecule is C/C(=C\c1csc(CNP(=O)(O)CCN)n1)CC1CC2OC2(C)CCCC(C)C(O)C(C)C(=O)C(C)(C)C(O)CC(=O)O1. The van der Waals surface area contributed by atoms with Gasteiger partial charge in [-0.05, 0) is 38.7 Å². The number of thiazole rings is 1. The van der Waals surface area contributed by atoms with Crippen molar-refractivity contribution in [3.8, 4) is 0 Å². The lowest BCUT2D eigenvalue weighted by Gasteiger charge is -2.34. The Balaban J connectivity index is 1.74. The van der Waals surface area contributed by atoms with Crippen molar-refractivity contribution >= 4 is 36.7 Å². The van der Waals surface area contributed by atoms with Crippen LogP contribution >= 0.6 is 18.9 Å². The highest BCUT2D eigenvalue weighted by Gasteiger charge is 2.52. The van der Waals surface area contributed by atoms with Crippen molar-refractivity contribution in [2.45, 2.75) is 117 Å². The first-order valence-electron chi connectivity index (χ1n) is 15.1. The van der Waals surface area contributed by atoms with Gasteiger partial charge in [-0.25, -0.2) is 10.1 Å². The maximum absolute atomic E-state index is 13.3. The highest BCUT2D eigenvalue weighted by atomic mass is 32.1. The van der Waals surface area contributed by atoms with E-state index in [9.17, 15) is 29.3 Å². The second-order valence-corrected chi connectivity index (χ2v) is 16.2. The first-order chi connectivity index (χ1) is 20.0. The number of nitrogens with zero attached hydrogens (tertiary/aromatic N) is 1. The number of carbonyl (C=O) groups excluding carboxylic acids is 2. The number of nitrogens with two attached hydrogens (primary N) is 1. The fourth-order valence-corrected chi connectivity index (χ4v) is 7.50. The zero-order valence-corrected chi connectivity index (χ0v) is 28.0. The van der Waals surface area contributed by atoms with Gasteiger partial charge in [0.15, 0.2) is 0 Å². The van der Waals surface area contributed by atoms with Crippen LogP contribution in [-0.2, 0) is 30.2 Å². The Morgan fingerprint density at radius 3 is 2.65 bits per heavy atom. The Kier molecular flexibility index (Phi) is 12.3. The Bertz CT molecular complexity index is 1210. The number of Topliss-reactive ketones (excluding diaryl/α,β-unsaturated/α-hetero) is 1. The molecule has 11 nitrogen and oxygen atoms in total. The van der Waals surface area contributed by atoms with E-state index in [0.29, 0.717) is 23.5 Å². The molecule has 2 fully saturated rings. The lowest BCUT2D eigenvalue weighted by atomic mass is 9.73. The van der Waals surface area contributed by atoms with Gasteiger partial charge in [0.2, 0.25) is 0 Å².